The van der Waals surface area contributed by atoms with Gasteiger partial charge in [0.2, 0.25) is 6.08 Å². The van der Waals surface area contributed by atoms with E-state index in [9.17, 15) is 18.0 Å². The molecule has 1 aliphatic rings. The van der Waals surface area contributed by atoms with Crippen LogP contribution in [0.25, 0.3) is 0 Å². The predicted molar refractivity (Wildman–Crippen MR) is 64.5 cm³/mol. The minimum atomic E-state index is -4.34. The average molecular weight is 270 g/mol. The Kier molecular flexibility index (Phi) is 3.37. The van der Waals surface area contributed by atoms with Gasteiger partial charge < -0.3 is 5.32 Å². The minimum absolute atomic E-state index is 0.450. The fraction of sp³-hybridized carbons (Fsp3) is 0.462. The zero-order valence-electron chi connectivity index (χ0n) is 10.3. The molecular formula is C13H13F3N2O. The van der Waals surface area contributed by atoms with Gasteiger partial charge in [-0.1, -0.05) is 6.92 Å². The lowest BCUT2D eigenvalue weighted by atomic mass is 9.90. The van der Waals surface area contributed by atoms with E-state index in [2.05, 4.69) is 10.3 Å². The predicted octanol–water partition coefficient (Wildman–Crippen LogP) is 3.51. The lowest BCUT2D eigenvalue weighted by Gasteiger charge is -2.35. The van der Waals surface area contributed by atoms with E-state index in [1.54, 1.807) is 0 Å². The van der Waals surface area contributed by atoms with Crippen LogP contribution in [0.4, 0.5) is 18.9 Å². The maximum Gasteiger partial charge on any atom is 0.416 e. The van der Waals surface area contributed by atoms with Gasteiger partial charge in [0.25, 0.3) is 0 Å². The molecule has 1 aliphatic heterocycles. The third-order valence-corrected chi connectivity index (χ3v) is 3.45. The smallest absolute Gasteiger partial charge is 0.360 e. The number of benzene rings is 1. The van der Waals surface area contributed by atoms with Gasteiger partial charge in [-0.2, -0.15) is 18.2 Å². The second-order valence-corrected chi connectivity index (χ2v) is 4.58. The maximum absolute atomic E-state index is 12.6. The first kappa shape index (κ1) is 13.6. The van der Waals surface area contributed by atoms with Crippen molar-refractivity contribution in [2.45, 2.75) is 38.0 Å². The Morgan fingerprint density at radius 1 is 1.47 bits per heavy atom. The van der Waals surface area contributed by atoms with Crippen LogP contribution in [0.2, 0.25) is 0 Å². The Bertz CT molecular complexity index is 535. The molecule has 1 aromatic rings. The second kappa shape index (κ2) is 4.70. The number of carbonyl (C=O) groups excluding carboxylic acids is 1. The molecule has 0 saturated carbocycles. The Hall–Kier alpha value is -1.81. The van der Waals surface area contributed by atoms with Crippen molar-refractivity contribution in [1.82, 2.24) is 0 Å². The summed E-state index contributed by atoms with van der Waals surface area (Å²) in [6.07, 6.45) is -1.31. The van der Waals surface area contributed by atoms with Gasteiger partial charge in [0.1, 0.15) is 5.66 Å². The summed E-state index contributed by atoms with van der Waals surface area (Å²) < 4.78 is 37.8. The van der Waals surface area contributed by atoms with Crippen LogP contribution in [-0.2, 0) is 17.4 Å². The van der Waals surface area contributed by atoms with Crippen LogP contribution in [0.5, 0.6) is 0 Å². The van der Waals surface area contributed by atoms with Crippen molar-refractivity contribution < 1.29 is 18.0 Å². The van der Waals surface area contributed by atoms with Crippen molar-refractivity contribution in [3.63, 3.8) is 0 Å². The van der Waals surface area contributed by atoms with Crippen LogP contribution < -0.4 is 5.32 Å². The molecule has 1 atom stereocenters. The Morgan fingerprint density at radius 3 is 2.79 bits per heavy atom. The molecule has 0 spiro atoms. The molecule has 0 amide bonds. The van der Waals surface area contributed by atoms with E-state index in [0.717, 1.165) is 12.1 Å². The first-order valence-electron chi connectivity index (χ1n) is 5.97. The number of rotatable bonds is 2. The Balaban J connectivity index is 2.36. The third kappa shape index (κ3) is 2.63. The number of fused-ring (bicyclic) bond motifs is 1. The van der Waals surface area contributed by atoms with Crippen molar-refractivity contribution in [3.8, 4) is 0 Å². The fourth-order valence-electron chi connectivity index (χ4n) is 2.27. The number of halogens is 3. The first-order valence-corrected chi connectivity index (χ1v) is 5.97. The van der Waals surface area contributed by atoms with Gasteiger partial charge in [0.05, 0.1) is 5.56 Å². The van der Waals surface area contributed by atoms with Crippen molar-refractivity contribution in [3.05, 3.63) is 29.3 Å². The van der Waals surface area contributed by atoms with E-state index in [4.69, 9.17) is 0 Å². The summed E-state index contributed by atoms with van der Waals surface area (Å²) in [4.78, 5) is 14.2. The van der Waals surface area contributed by atoms with Crippen molar-refractivity contribution in [2.24, 2.45) is 4.99 Å². The number of nitrogens with zero attached hydrogens (tertiary/aromatic N) is 1. The zero-order valence-corrected chi connectivity index (χ0v) is 10.3. The molecule has 0 bridgehead atoms. The molecule has 1 unspecified atom stereocenters. The monoisotopic (exact) mass is 270 g/mol. The lowest BCUT2D eigenvalue weighted by molar-refractivity contribution is -0.137. The highest BCUT2D eigenvalue weighted by Crippen LogP contribution is 2.37. The Labute approximate surface area is 108 Å². The minimum Gasteiger partial charge on any atom is -0.360 e. The number of isocyanates is 1. The quantitative estimate of drug-likeness (QED) is 0.660. The van der Waals surface area contributed by atoms with Crippen LogP contribution >= 0.6 is 0 Å². The molecule has 1 N–H and O–H groups in total. The number of aliphatic imine (C=N–C) groups is 1. The summed E-state index contributed by atoms with van der Waals surface area (Å²) in [6, 6.07) is 3.57. The molecule has 0 saturated heterocycles. The summed E-state index contributed by atoms with van der Waals surface area (Å²) >= 11 is 0. The third-order valence-electron chi connectivity index (χ3n) is 3.45. The standard InChI is InChI=1S/C13H13F3N2O/c1-2-12(17-8-19)6-5-9-7-10(13(14,15)16)3-4-11(9)18-12/h3-4,7,18H,2,5-6H2,1H3. The number of anilines is 1. The van der Waals surface area contributed by atoms with Gasteiger partial charge in [0, 0.05) is 5.69 Å². The highest BCUT2D eigenvalue weighted by molar-refractivity contribution is 5.57. The second-order valence-electron chi connectivity index (χ2n) is 4.58. The highest BCUT2D eigenvalue weighted by atomic mass is 19.4. The van der Waals surface area contributed by atoms with Crippen molar-refractivity contribution in [1.29, 1.82) is 0 Å². The summed E-state index contributed by atoms with van der Waals surface area (Å²) in [6.45, 7) is 1.86. The normalized spacial score (nSPS) is 22.1. The van der Waals surface area contributed by atoms with Gasteiger partial charge in [-0.3, -0.25) is 0 Å². The molecule has 3 nitrogen and oxygen atoms in total. The number of aryl methyl sites for hydroxylation is 1. The Morgan fingerprint density at radius 2 is 2.21 bits per heavy atom. The summed E-state index contributed by atoms with van der Waals surface area (Å²) in [5.41, 5.74) is -0.204. The molecule has 1 heterocycles. The molecule has 0 radical (unpaired) electrons. The molecule has 102 valence electrons. The zero-order chi connectivity index (χ0) is 14.1. The van der Waals surface area contributed by atoms with E-state index in [0.29, 0.717) is 30.5 Å². The SMILES string of the molecule is CCC1(N=C=O)CCc2cc(C(F)(F)F)ccc2N1. The summed E-state index contributed by atoms with van der Waals surface area (Å²) in [5, 5.41) is 3.04. The number of hydrogen-bond donors (Lipinski definition) is 1. The summed E-state index contributed by atoms with van der Waals surface area (Å²) in [5.74, 6) is 0. The topological polar surface area (TPSA) is 41.5 Å². The van der Waals surface area contributed by atoms with Crippen LogP contribution in [0.3, 0.4) is 0 Å². The fourth-order valence-corrected chi connectivity index (χ4v) is 2.27. The maximum atomic E-state index is 12.6. The van der Waals surface area contributed by atoms with Crippen LogP contribution in [0.1, 0.15) is 30.9 Å². The molecule has 19 heavy (non-hydrogen) atoms. The molecule has 0 aromatic heterocycles. The summed E-state index contributed by atoms with van der Waals surface area (Å²) in [7, 11) is 0. The molecule has 0 fully saturated rings. The number of hydrogen-bond acceptors (Lipinski definition) is 3. The molecule has 2 rings (SSSR count). The highest BCUT2D eigenvalue weighted by Gasteiger charge is 2.35. The van der Waals surface area contributed by atoms with E-state index in [-0.39, 0.29) is 0 Å². The molecule has 1 aromatic carbocycles. The van der Waals surface area contributed by atoms with E-state index < -0.39 is 17.4 Å². The number of nitrogens with one attached hydrogen (secondary N) is 1. The number of alkyl halides is 3. The van der Waals surface area contributed by atoms with Crippen LogP contribution in [-0.4, -0.2) is 11.7 Å². The van der Waals surface area contributed by atoms with Crippen molar-refractivity contribution in [2.75, 3.05) is 5.32 Å². The van der Waals surface area contributed by atoms with Gasteiger partial charge >= 0.3 is 6.18 Å². The molecule has 6 heteroatoms. The van der Waals surface area contributed by atoms with Gasteiger partial charge in [0.15, 0.2) is 0 Å². The average Bonchev–Trinajstić information content (AvgIpc) is 2.37. The van der Waals surface area contributed by atoms with E-state index >= 15 is 0 Å². The van der Waals surface area contributed by atoms with Gasteiger partial charge in [-0.25, -0.2) is 4.79 Å². The van der Waals surface area contributed by atoms with E-state index in [1.807, 2.05) is 6.92 Å². The van der Waals surface area contributed by atoms with Crippen LogP contribution in [0.15, 0.2) is 23.2 Å². The van der Waals surface area contributed by atoms with E-state index in [1.165, 1.54) is 12.1 Å². The molecular weight excluding hydrogens is 257 g/mol. The van der Waals surface area contributed by atoms with Gasteiger partial charge in [-0.15, -0.1) is 0 Å². The molecule has 0 aliphatic carbocycles. The first-order chi connectivity index (χ1) is 8.90. The van der Waals surface area contributed by atoms with Gasteiger partial charge in [-0.05, 0) is 43.0 Å². The lowest BCUT2D eigenvalue weighted by Crippen LogP contribution is -2.39. The van der Waals surface area contributed by atoms with Crippen molar-refractivity contribution >= 4 is 11.8 Å². The van der Waals surface area contributed by atoms with Crippen LogP contribution in [0, 0.1) is 0 Å². The largest absolute Gasteiger partial charge is 0.416 e.